The first-order valence-corrected chi connectivity index (χ1v) is 17.7. The lowest BCUT2D eigenvalue weighted by molar-refractivity contribution is -0.121. The molecular formula is C36H46Br2N2O9. The van der Waals surface area contributed by atoms with E-state index in [0.717, 1.165) is 8.95 Å². The van der Waals surface area contributed by atoms with Crippen molar-refractivity contribution in [3.63, 3.8) is 0 Å². The molecule has 0 bridgehead atoms. The summed E-state index contributed by atoms with van der Waals surface area (Å²) in [4.78, 5) is 61.3. The van der Waals surface area contributed by atoms with Gasteiger partial charge in [0, 0.05) is 60.8 Å². The van der Waals surface area contributed by atoms with Crippen LogP contribution in [0.5, 0.6) is 11.5 Å². The molecule has 2 saturated heterocycles. The van der Waals surface area contributed by atoms with Gasteiger partial charge in [-0.2, -0.15) is 0 Å². The lowest BCUT2D eigenvalue weighted by Crippen LogP contribution is -2.52. The predicted molar refractivity (Wildman–Crippen MR) is 191 cm³/mol. The zero-order chi connectivity index (χ0) is 36.7. The van der Waals surface area contributed by atoms with Crippen LogP contribution in [0.1, 0.15) is 101 Å². The zero-order valence-corrected chi connectivity index (χ0v) is 32.4. The first-order valence-electron chi connectivity index (χ1n) is 16.2. The molecule has 2 aromatic carbocycles. The molecule has 0 radical (unpaired) electrons. The molecule has 49 heavy (non-hydrogen) atoms. The van der Waals surface area contributed by atoms with Crippen molar-refractivity contribution in [1.29, 1.82) is 0 Å². The number of phenols is 1. The molecule has 3 aliphatic heterocycles. The fourth-order valence-electron chi connectivity index (χ4n) is 5.22. The Morgan fingerprint density at radius 1 is 0.796 bits per heavy atom. The number of ether oxygens (including phenoxy) is 3. The van der Waals surface area contributed by atoms with Gasteiger partial charge in [-0.05, 0) is 84.9 Å². The summed E-state index contributed by atoms with van der Waals surface area (Å²) < 4.78 is 18.5. The van der Waals surface area contributed by atoms with Crippen molar-refractivity contribution in [1.82, 2.24) is 9.80 Å². The van der Waals surface area contributed by atoms with E-state index in [-0.39, 0.29) is 35.3 Å². The first-order chi connectivity index (χ1) is 22.7. The molecule has 1 spiro atoms. The number of hydrogen-bond acceptors (Lipinski definition) is 9. The number of amides is 2. The minimum Gasteiger partial charge on any atom is -0.507 e. The maximum absolute atomic E-state index is 12.5. The number of ketones is 3. The molecule has 2 fully saturated rings. The molecule has 2 amide bonds. The fourth-order valence-corrected chi connectivity index (χ4v) is 5.95. The number of hydrogen-bond donors (Lipinski definition) is 1. The summed E-state index contributed by atoms with van der Waals surface area (Å²) in [5.74, 6) is 0.859. The second-order valence-corrected chi connectivity index (χ2v) is 16.0. The van der Waals surface area contributed by atoms with E-state index in [4.69, 9.17) is 19.3 Å². The van der Waals surface area contributed by atoms with Crippen molar-refractivity contribution < 1.29 is 43.3 Å². The van der Waals surface area contributed by atoms with Crippen LogP contribution in [0.25, 0.3) is 0 Å². The molecule has 0 aliphatic carbocycles. The van der Waals surface area contributed by atoms with Gasteiger partial charge < -0.3 is 29.1 Å². The van der Waals surface area contributed by atoms with E-state index < -0.39 is 16.8 Å². The maximum Gasteiger partial charge on any atom is 0.410 e. The van der Waals surface area contributed by atoms with E-state index >= 15 is 0 Å². The summed E-state index contributed by atoms with van der Waals surface area (Å²) in [6, 6.07) is 10.3. The van der Waals surface area contributed by atoms with Crippen molar-refractivity contribution >= 4 is 61.4 Å². The molecule has 0 saturated carbocycles. The quantitative estimate of drug-likeness (QED) is 0.283. The van der Waals surface area contributed by atoms with Gasteiger partial charge in [-0.15, -0.1) is 0 Å². The molecule has 0 unspecified atom stereocenters. The zero-order valence-electron chi connectivity index (χ0n) is 29.2. The van der Waals surface area contributed by atoms with E-state index in [1.807, 2.05) is 53.7 Å². The van der Waals surface area contributed by atoms with Crippen molar-refractivity contribution in [2.24, 2.45) is 0 Å². The Morgan fingerprint density at radius 2 is 1.29 bits per heavy atom. The van der Waals surface area contributed by atoms with E-state index in [1.165, 1.54) is 13.0 Å². The van der Waals surface area contributed by atoms with Crippen molar-refractivity contribution in [3.8, 4) is 11.5 Å². The Hall–Kier alpha value is -3.45. The van der Waals surface area contributed by atoms with Crippen LogP contribution in [-0.2, 0) is 14.3 Å². The molecule has 1 N–H and O–H groups in total. The Kier molecular flexibility index (Phi) is 13.5. The number of benzene rings is 2. The summed E-state index contributed by atoms with van der Waals surface area (Å²) in [7, 11) is 0. The Morgan fingerprint density at radius 3 is 1.78 bits per heavy atom. The minimum atomic E-state index is -0.504. The van der Waals surface area contributed by atoms with Gasteiger partial charge in [0.05, 0.1) is 17.5 Å². The second kappa shape index (κ2) is 16.5. The monoisotopic (exact) mass is 808 g/mol. The smallest absolute Gasteiger partial charge is 0.410 e. The number of fused-ring (bicyclic) bond motifs is 1. The molecule has 268 valence electrons. The standard InChI is InChI=1S/C18H22BrNO4.C10H17NO3.C8H7BrO2/c1-17(2,3)24-16(22)20-8-6-18(7-9-20)11-14(21)13-10-12(19)4-5-15(13)23-18;1-10(2,3)14-9(13)11-6-4-8(12)5-7-11;1-5(10)7-4-6(9)2-3-8(7)11/h4-5,10H,6-9,11H2,1-3H3;4-7H2,1-3H3;2-4,11H,1H3. The Labute approximate surface area is 304 Å². The van der Waals surface area contributed by atoms with Crippen LogP contribution in [0, 0.1) is 0 Å². The highest BCUT2D eigenvalue weighted by Crippen LogP contribution is 2.40. The number of halogens is 2. The SMILES string of the molecule is CC(=O)c1cc(Br)ccc1O.CC(C)(C)OC(=O)N1CCC(=O)CC1.CC(C)(C)OC(=O)N1CCC2(CC1)CC(=O)c1cc(Br)ccc1O2. The third-order valence-electron chi connectivity index (χ3n) is 7.69. The van der Waals surface area contributed by atoms with Gasteiger partial charge in [0.25, 0.3) is 0 Å². The normalized spacial score (nSPS) is 17.0. The van der Waals surface area contributed by atoms with E-state index in [1.54, 1.807) is 28.0 Å². The number of carbonyl (C=O) groups excluding carboxylic acids is 5. The number of aromatic hydroxyl groups is 1. The van der Waals surface area contributed by atoms with Crippen LogP contribution in [0.4, 0.5) is 9.59 Å². The average Bonchev–Trinajstić information content (AvgIpc) is 2.98. The van der Waals surface area contributed by atoms with E-state index in [0.29, 0.717) is 75.2 Å². The van der Waals surface area contributed by atoms with Crippen LogP contribution < -0.4 is 4.74 Å². The highest BCUT2D eigenvalue weighted by molar-refractivity contribution is 9.10. The third kappa shape index (κ3) is 12.4. The number of phenolic OH excluding ortho intramolecular Hbond substituents is 1. The van der Waals surface area contributed by atoms with E-state index in [2.05, 4.69) is 31.9 Å². The summed E-state index contributed by atoms with van der Waals surface area (Å²) in [6.45, 7) is 14.5. The number of carbonyl (C=O) groups is 5. The third-order valence-corrected chi connectivity index (χ3v) is 8.67. The number of nitrogens with zero attached hydrogens (tertiary/aromatic N) is 2. The molecule has 5 rings (SSSR count). The Bertz CT molecular complexity index is 1540. The summed E-state index contributed by atoms with van der Waals surface area (Å²) in [6.07, 6.45) is 1.92. The van der Waals surface area contributed by atoms with Crippen LogP contribution >= 0.6 is 31.9 Å². The van der Waals surface area contributed by atoms with Gasteiger partial charge in [-0.1, -0.05) is 31.9 Å². The second-order valence-electron chi connectivity index (χ2n) is 14.2. The summed E-state index contributed by atoms with van der Waals surface area (Å²) in [5.41, 5.74) is -0.492. The van der Waals surface area contributed by atoms with Crippen LogP contribution in [0.2, 0.25) is 0 Å². The molecule has 0 aromatic heterocycles. The lowest BCUT2D eigenvalue weighted by Gasteiger charge is -2.44. The molecule has 13 heteroatoms. The van der Waals surface area contributed by atoms with Crippen molar-refractivity contribution in [2.45, 2.75) is 97.4 Å². The van der Waals surface area contributed by atoms with Crippen LogP contribution in [-0.4, -0.2) is 87.4 Å². The first kappa shape index (κ1) is 40.0. The van der Waals surface area contributed by atoms with Gasteiger partial charge >= 0.3 is 12.2 Å². The highest BCUT2D eigenvalue weighted by atomic mass is 79.9. The van der Waals surface area contributed by atoms with Gasteiger partial charge in [0.2, 0.25) is 0 Å². The number of rotatable bonds is 1. The molecule has 3 aliphatic rings. The minimum absolute atomic E-state index is 0.0284. The summed E-state index contributed by atoms with van der Waals surface area (Å²) >= 11 is 6.59. The average molecular weight is 811 g/mol. The molecule has 3 heterocycles. The van der Waals surface area contributed by atoms with Gasteiger partial charge in [0.15, 0.2) is 11.6 Å². The fraction of sp³-hybridized carbons (Fsp3) is 0.528. The van der Waals surface area contributed by atoms with Crippen molar-refractivity contribution in [2.75, 3.05) is 26.2 Å². The largest absolute Gasteiger partial charge is 0.507 e. The highest BCUT2D eigenvalue weighted by Gasteiger charge is 2.44. The topological polar surface area (TPSA) is 140 Å². The molecule has 11 nitrogen and oxygen atoms in total. The van der Waals surface area contributed by atoms with E-state index in [9.17, 15) is 24.0 Å². The number of Topliss-reactive ketones (excluding diaryl/α,β-unsaturated/α-hetero) is 3. The molecular weight excluding hydrogens is 764 g/mol. The predicted octanol–water partition coefficient (Wildman–Crippen LogP) is 8.13. The van der Waals surface area contributed by atoms with Gasteiger partial charge in [-0.3, -0.25) is 14.4 Å². The van der Waals surface area contributed by atoms with Crippen LogP contribution in [0.15, 0.2) is 45.3 Å². The van der Waals surface area contributed by atoms with Gasteiger partial charge in [0.1, 0.15) is 34.1 Å². The molecule has 2 aromatic rings. The van der Waals surface area contributed by atoms with Crippen molar-refractivity contribution in [3.05, 3.63) is 56.5 Å². The summed E-state index contributed by atoms with van der Waals surface area (Å²) in [5, 5.41) is 9.16. The number of likely N-dealkylation sites (tertiary alicyclic amines) is 2. The lowest BCUT2D eigenvalue weighted by atomic mass is 9.82. The van der Waals surface area contributed by atoms with Crippen LogP contribution in [0.3, 0.4) is 0 Å². The molecule has 0 atom stereocenters. The number of piperidine rings is 2. The maximum atomic E-state index is 12.5. The van der Waals surface area contributed by atoms with Gasteiger partial charge in [-0.25, -0.2) is 9.59 Å². The Balaban J connectivity index is 0.000000221.